The van der Waals surface area contributed by atoms with Gasteiger partial charge in [0.25, 0.3) is 5.82 Å². The van der Waals surface area contributed by atoms with Crippen LogP contribution in [0.3, 0.4) is 0 Å². The van der Waals surface area contributed by atoms with Crippen LogP contribution in [0.1, 0.15) is 30.9 Å². The number of aromatic nitrogens is 1. The molecule has 1 aliphatic rings. The van der Waals surface area contributed by atoms with Crippen molar-refractivity contribution in [2.45, 2.75) is 31.7 Å². The number of aliphatic hydroxyl groups excluding tert-OH is 1. The van der Waals surface area contributed by atoms with E-state index in [1.54, 1.807) is 21.3 Å². The third-order valence-corrected chi connectivity index (χ3v) is 7.56. The van der Waals surface area contributed by atoms with E-state index in [-0.39, 0.29) is 12.6 Å². The Morgan fingerprint density at radius 1 is 0.895 bits per heavy atom. The lowest BCUT2D eigenvalue weighted by molar-refractivity contribution is -0.702. The van der Waals surface area contributed by atoms with E-state index in [2.05, 4.69) is 72.1 Å². The third kappa shape index (κ3) is 4.43. The van der Waals surface area contributed by atoms with E-state index in [0.29, 0.717) is 5.75 Å². The largest absolute Gasteiger partial charge is 0.497 e. The van der Waals surface area contributed by atoms with Gasteiger partial charge >= 0.3 is 0 Å². The molecule has 0 fully saturated rings. The van der Waals surface area contributed by atoms with Crippen molar-refractivity contribution in [1.29, 1.82) is 0 Å². The van der Waals surface area contributed by atoms with Crippen LogP contribution in [0.25, 0.3) is 33.2 Å². The van der Waals surface area contributed by atoms with Crippen molar-refractivity contribution >= 4 is 16.6 Å². The van der Waals surface area contributed by atoms with E-state index in [1.165, 1.54) is 16.8 Å². The second-order valence-corrected chi connectivity index (χ2v) is 10.0. The van der Waals surface area contributed by atoms with Crippen molar-refractivity contribution < 1.29 is 23.9 Å². The van der Waals surface area contributed by atoms with E-state index in [4.69, 9.17) is 14.2 Å². The van der Waals surface area contributed by atoms with Gasteiger partial charge in [-0.15, -0.1) is 0 Å². The van der Waals surface area contributed by atoms with Crippen LogP contribution in [0.5, 0.6) is 17.2 Å². The van der Waals surface area contributed by atoms with Crippen LogP contribution in [-0.4, -0.2) is 47.1 Å². The Hall–Kier alpha value is -3.77. The number of ether oxygens (including phenoxy) is 3. The van der Waals surface area contributed by atoms with Gasteiger partial charge in [0.1, 0.15) is 17.5 Å². The first kappa shape index (κ1) is 25.9. The van der Waals surface area contributed by atoms with E-state index in [0.717, 1.165) is 64.9 Å². The molecule has 3 aromatic carbocycles. The number of methoxy groups -OCH3 is 3. The Bertz CT molecular complexity index is 1450. The molecule has 0 radical (unpaired) electrons. The Balaban J connectivity index is 1.91. The van der Waals surface area contributed by atoms with E-state index >= 15 is 0 Å². The SMILES string of the molecule is COc1ccc2c(c1)CC(CCCCO)[n+]1c-2cc2c(-c3ccccc3)c(OC)c(OC)cc2c1N(C)C. The van der Waals surface area contributed by atoms with Crippen molar-refractivity contribution in [1.82, 2.24) is 0 Å². The van der Waals surface area contributed by atoms with Crippen LogP contribution in [0.4, 0.5) is 5.82 Å². The first-order valence-corrected chi connectivity index (χ1v) is 13.2. The van der Waals surface area contributed by atoms with Crippen LogP contribution in [-0.2, 0) is 6.42 Å². The number of pyridine rings is 1. The molecule has 1 aromatic heterocycles. The van der Waals surface area contributed by atoms with E-state index < -0.39 is 0 Å². The minimum absolute atomic E-state index is 0.213. The van der Waals surface area contributed by atoms with Crippen LogP contribution < -0.4 is 23.7 Å². The molecule has 38 heavy (non-hydrogen) atoms. The summed E-state index contributed by atoms with van der Waals surface area (Å²) in [4.78, 5) is 2.21. The van der Waals surface area contributed by atoms with Gasteiger partial charge in [0.05, 0.1) is 40.8 Å². The van der Waals surface area contributed by atoms with Gasteiger partial charge in [0.2, 0.25) is 0 Å². The highest BCUT2D eigenvalue weighted by molar-refractivity contribution is 6.06. The van der Waals surface area contributed by atoms with Crippen molar-refractivity contribution in [3.05, 3.63) is 66.2 Å². The summed E-state index contributed by atoms with van der Waals surface area (Å²) < 4.78 is 19.9. The van der Waals surface area contributed by atoms with Gasteiger partial charge in [0, 0.05) is 35.6 Å². The van der Waals surface area contributed by atoms with Crippen LogP contribution in [0.15, 0.2) is 60.7 Å². The average molecular weight is 514 g/mol. The molecule has 0 saturated heterocycles. The first-order valence-electron chi connectivity index (χ1n) is 13.2. The molecule has 6 heteroatoms. The molecule has 0 bridgehead atoms. The number of fused-ring (bicyclic) bond motifs is 4. The zero-order chi connectivity index (χ0) is 26.8. The van der Waals surface area contributed by atoms with Crippen molar-refractivity contribution in [2.24, 2.45) is 0 Å². The lowest BCUT2D eigenvalue weighted by Gasteiger charge is -2.30. The van der Waals surface area contributed by atoms with Gasteiger partial charge in [0.15, 0.2) is 11.5 Å². The highest BCUT2D eigenvalue weighted by Crippen LogP contribution is 2.48. The van der Waals surface area contributed by atoms with Gasteiger partial charge in [-0.2, -0.15) is 0 Å². The molecule has 5 rings (SSSR count). The molecule has 0 spiro atoms. The fourth-order valence-corrected chi connectivity index (χ4v) is 5.90. The van der Waals surface area contributed by atoms with Gasteiger partial charge < -0.3 is 19.3 Å². The van der Waals surface area contributed by atoms with Crippen molar-refractivity contribution in [2.75, 3.05) is 46.9 Å². The third-order valence-electron chi connectivity index (χ3n) is 7.56. The molecule has 0 amide bonds. The highest BCUT2D eigenvalue weighted by Gasteiger charge is 2.35. The lowest BCUT2D eigenvalue weighted by Crippen LogP contribution is -2.49. The number of rotatable bonds is 9. The molecule has 0 saturated carbocycles. The maximum atomic E-state index is 9.49. The minimum atomic E-state index is 0.213. The number of hydrogen-bond acceptors (Lipinski definition) is 5. The fourth-order valence-electron chi connectivity index (χ4n) is 5.90. The minimum Gasteiger partial charge on any atom is -0.497 e. The monoisotopic (exact) mass is 513 g/mol. The first-order chi connectivity index (χ1) is 18.5. The molecule has 1 atom stereocenters. The summed E-state index contributed by atoms with van der Waals surface area (Å²) in [5.74, 6) is 3.44. The lowest BCUT2D eigenvalue weighted by atomic mass is 9.87. The van der Waals surface area contributed by atoms with Crippen molar-refractivity contribution in [3.8, 4) is 39.6 Å². The van der Waals surface area contributed by atoms with E-state index in [1.807, 2.05) is 12.1 Å². The predicted octanol–water partition coefficient (Wildman–Crippen LogP) is 5.81. The Morgan fingerprint density at radius 2 is 1.68 bits per heavy atom. The van der Waals surface area contributed by atoms with Gasteiger partial charge in [-0.1, -0.05) is 30.3 Å². The number of anilines is 1. The van der Waals surface area contributed by atoms with E-state index in [9.17, 15) is 5.11 Å². The quantitative estimate of drug-likeness (QED) is 0.226. The molecule has 6 nitrogen and oxygen atoms in total. The summed E-state index contributed by atoms with van der Waals surface area (Å²) in [6.45, 7) is 0.213. The molecule has 1 N–H and O–H groups in total. The number of unbranched alkanes of at least 4 members (excludes halogenated alkanes) is 1. The van der Waals surface area contributed by atoms with Gasteiger partial charge in [-0.05, 0) is 54.7 Å². The maximum absolute atomic E-state index is 9.49. The summed E-state index contributed by atoms with van der Waals surface area (Å²) in [6.07, 6.45) is 3.63. The topological polar surface area (TPSA) is 55.0 Å². The summed E-state index contributed by atoms with van der Waals surface area (Å²) in [5, 5.41) is 11.7. The molecule has 0 aliphatic carbocycles. The fraction of sp³-hybridized carbons (Fsp3) is 0.344. The predicted molar refractivity (Wildman–Crippen MR) is 153 cm³/mol. The van der Waals surface area contributed by atoms with Gasteiger partial charge in [-0.3, -0.25) is 4.90 Å². The molecule has 2 heterocycles. The summed E-state index contributed by atoms with van der Waals surface area (Å²) in [7, 11) is 9.33. The zero-order valence-electron chi connectivity index (χ0n) is 23.0. The van der Waals surface area contributed by atoms with Crippen molar-refractivity contribution in [3.63, 3.8) is 0 Å². The second kappa shape index (κ2) is 10.9. The summed E-state index contributed by atoms with van der Waals surface area (Å²) in [6, 6.07) is 21.4. The van der Waals surface area contributed by atoms with Crippen LogP contribution in [0, 0.1) is 0 Å². The second-order valence-electron chi connectivity index (χ2n) is 10.0. The Labute approximate surface area is 225 Å². The number of nitrogens with zero attached hydrogens (tertiary/aromatic N) is 2. The zero-order valence-corrected chi connectivity index (χ0v) is 23.0. The van der Waals surface area contributed by atoms with Crippen LogP contribution in [0.2, 0.25) is 0 Å². The average Bonchev–Trinajstić information content (AvgIpc) is 2.94. The highest BCUT2D eigenvalue weighted by atomic mass is 16.5. The number of benzene rings is 3. The Kier molecular flexibility index (Phi) is 7.43. The smallest absolute Gasteiger partial charge is 0.284 e. The molecule has 198 valence electrons. The van der Waals surface area contributed by atoms with Gasteiger partial charge in [-0.25, -0.2) is 4.57 Å². The molecule has 1 unspecified atom stereocenters. The Morgan fingerprint density at radius 3 is 2.34 bits per heavy atom. The summed E-state index contributed by atoms with van der Waals surface area (Å²) >= 11 is 0. The molecular formula is C32H37N2O4+. The molecule has 1 aliphatic heterocycles. The van der Waals surface area contributed by atoms with Crippen LogP contribution >= 0.6 is 0 Å². The number of hydrogen-bond donors (Lipinski definition) is 1. The molecular weight excluding hydrogens is 476 g/mol. The maximum Gasteiger partial charge on any atom is 0.284 e. The molecule has 4 aromatic rings. The normalized spacial score (nSPS) is 14.1. The number of aliphatic hydroxyl groups is 1. The standard InChI is InChI=1S/C32H37N2O4/c1-33(2)32-27-20-29(37-4)31(38-5)30(21-11-7-6-8-12-21)26(27)19-28-25-15-14-24(36-3)18-22(25)17-23(34(28)32)13-9-10-16-35/h6-8,11-12,14-15,18-20,23,35H,9-10,13,16-17H2,1-5H3/q+1. The summed E-state index contributed by atoms with van der Waals surface area (Å²) in [5.41, 5.74) is 5.76.